The van der Waals surface area contributed by atoms with Gasteiger partial charge in [-0.3, -0.25) is 24.1 Å². The van der Waals surface area contributed by atoms with Crippen molar-refractivity contribution in [3.63, 3.8) is 0 Å². The Labute approximate surface area is 230 Å². The molecule has 0 radical (unpaired) electrons. The van der Waals surface area contributed by atoms with E-state index < -0.39 is 50.8 Å². The van der Waals surface area contributed by atoms with Crippen LogP contribution in [0.3, 0.4) is 0 Å². The SMILES string of the molecule is [C-]#[N+][C@@H]1C[C@@]2(CN1C(=O)[C@H](CC(C)(C)C)NC(=O)[C@H](CC1CC1)NS(=O)(=O)C1CC1)C(=O)Nc1ccccc12. The van der Waals surface area contributed by atoms with Gasteiger partial charge in [0.1, 0.15) is 17.5 Å². The minimum atomic E-state index is -3.61. The number of nitrogens with zero attached hydrogens (tertiary/aromatic N) is 2. The molecular weight excluding hydrogens is 518 g/mol. The zero-order valence-corrected chi connectivity index (χ0v) is 23.5. The number of likely N-dealkylation sites (tertiary alicyclic amines) is 1. The number of hydrogen-bond donors (Lipinski definition) is 3. The molecule has 1 aromatic carbocycles. The summed E-state index contributed by atoms with van der Waals surface area (Å²) in [4.78, 5) is 45.9. The van der Waals surface area contributed by atoms with Crippen LogP contribution in [-0.2, 0) is 29.8 Å². The van der Waals surface area contributed by atoms with Crippen LogP contribution in [-0.4, -0.2) is 61.1 Å². The van der Waals surface area contributed by atoms with Gasteiger partial charge in [-0.2, -0.15) is 0 Å². The van der Waals surface area contributed by atoms with Gasteiger partial charge in [0.2, 0.25) is 21.8 Å². The number of fused-ring (bicyclic) bond motifs is 2. The molecule has 4 atom stereocenters. The van der Waals surface area contributed by atoms with Crippen LogP contribution in [0.25, 0.3) is 4.85 Å². The zero-order chi connectivity index (χ0) is 28.2. The summed E-state index contributed by atoms with van der Waals surface area (Å²) in [6.07, 6.45) is 3.07. The Hall–Kier alpha value is -2.97. The Bertz CT molecular complexity index is 1320. The Balaban J connectivity index is 1.39. The first-order chi connectivity index (χ1) is 18.3. The maximum absolute atomic E-state index is 14.0. The van der Waals surface area contributed by atoms with Crippen LogP contribution >= 0.6 is 0 Å². The van der Waals surface area contributed by atoms with Crippen LogP contribution in [0.4, 0.5) is 5.69 Å². The van der Waals surface area contributed by atoms with Gasteiger partial charge < -0.3 is 10.6 Å². The highest BCUT2D eigenvalue weighted by Gasteiger charge is 2.59. The number of benzene rings is 1. The lowest BCUT2D eigenvalue weighted by Gasteiger charge is -2.31. The summed E-state index contributed by atoms with van der Waals surface area (Å²) < 4.78 is 28.0. The first kappa shape index (κ1) is 27.6. The van der Waals surface area contributed by atoms with Crippen molar-refractivity contribution < 1.29 is 22.8 Å². The third-order valence-electron chi connectivity index (χ3n) is 8.17. The number of para-hydroxylation sites is 1. The van der Waals surface area contributed by atoms with E-state index in [0.717, 1.165) is 18.4 Å². The van der Waals surface area contributed by atoms with Crippen LogP contribution in [0.2, 0.25) is 0 Å². The van der Waals surface area contributed by atoms with Crippen LogP contribution in [0.15, 0.2) is 24.3 Å². The molecule has 3 fully saturated rings. The number of carbonyl (C=O) groups excluding carboxylic acids is 3. The number of sulfonamides is 1. The number of rotatable bonds is 9. The molecule has 0 aromatic heterocycles. The van der Waals surface area contributed by atoms with Gasteiger partial charge in [0.05, 0.1) is 11.7 Å². The summed E-state index contributed by atoms with van der Waals surface area (Å²) in [7, 11) is -3.61. The fourth-order valence-electron chi connectivity index (χ4n) is 5.81. The lowest BCUT2D eigenvalue weighted by Crippen LogP contribution is -2.56. The number of carbonyl (C=O) groups is 3. The third kappa shape index (κ3) is 5.68. The Morgan fingerprint density at radius 3 is 2.49 bits per heavy atom. The molecule has 0 bridgehead atoms. The summed E-state index contributed by atoms with van der Waals surface area (Å²) in [6, 6.07) is 5.41. The van der Waals surface area contributed by atoms with E-state index in [4.69, 9.17) is 6.57 Å². The predicted octanol–water partition coefficient (Wildman–Crippen LogP) is 2.53. The maximum Gasteiger partial charge on any atom is 0.302 e. The van der Waals surface area contributed by atoms with Gasteiger partial charge >= 0.3 is 6.17 Å². The Morgan fingerprint density at radius 1 is 1.18 bits per heavy atom. The van der Waals surface area contributed by atoms with Crippen molar-refractivity contribution in [2.75, 3.05) is 11.9 Å². The van der Waals surface area contributed by atoms with E-state index in [0.29, 0.717) is 31.4 Å². The standard InChI is InChI=1S/C28H37N5O5S/c1-27(2,3)14-22(30-24(34)21(13-17-9-10-17)32-39(37,38)18-11-12-18)25(35)33-16-28(15-23(33)29-4)19-7-5-6-8-20(19)31-26(28)36/h5-8,17-18,21-23,32H,9-16H2,1-3H3,(H,30,34)(H,31,36)/t21-,22-,23-,28-/m0/s1. The van der Waals surface area contributed by atoms with Gasteiger partial charge in [-0.25, -0.2) is 19.7 Å². The smallest absolute Gasteiger partial charge is 0.302 e. The first-order valence-electron chi connectivity index (χ1n) is 13.7. The zero-order valence-electron chi connectivity index (χ0n) is 22.7. The fraction of sp³-hybridized carbons (Fsp3) is 0.643. The molecule has 1 aromatic rings. The Kier molecular flexibility index (Phi) is 7.00. The van der Waals surface area contributed by atoms with Crippen molar-refractivity contribution in [3.05, 3.63) is 41.2 Å². The predicted molar refractivity (Wildman–Crippen MR) is 146 cm³/mol. The van der Waals surface area contributed by atoms with Crippen LogP contribution in [0.5, 0.6) is 0 Å². The normalized spacial score (nSPS) is 26.1. The molecule has 4 aliphatic rings. The van der Waals surface area contributed by atoms with E-state index in [2.05, 4.69) is 20.2 Å². The quantitative estimate of drug-likeness (QED) is 0.404. The second kappa shape index (κ2) is 9.89. The lowest BCUT2D eigenvalue weighted by molar-refractivity contribution is -0.138. The number of nitrogens with one attached hydrogen (secondary N) is 3. The monoisotopic (exact) mass is 555 g/mol. The molecule has 11 heteroatoms. The lowest BCUT2D eigenvalue weighted by atomic mass is 9.80. The molecule has 2 saturated carbocycles. The summed E-state index contributed by atoms with van der Waals surface area (Å²) in [5.41, 5.74) is 0.0852. The van der Waals surface area contributed by atoms with Crippen molar-refractivity contribution >= 4 is 33.4 Å². The second-order valence-electron chi connectivity index (χ2n) is 12.8. The third-order valence-corrected chi connectivity index (χ3v) is 10.1. The minimum Gasteiger partial charge on any atom is -0.343 e. The van der Waals surface area contributed by atoms with E-state index in [9.17, 15) is 22.8 Å². The van der Waals surface area contributed by atoms with E-state index in [1.165, 1.54) is 4.90 Å². The maximum atomic E-state index is 14.0. The summed E-state index contributed by atoms with van der Waals surface area (Å²) in [5.74, 6) is -0.900. The molecule has 2 heterocycles. The average molecular weight is 556 g/mol. The first-order valence-corrected chi connectivity index (χ1v) is 15.3. The molecule has 2 aliphatic carbocycles. The molecule has 0 unspecified atom stereocenters. The van der Waals surface area contributed by atoms with E-state index in [-0.39, 0.29) is 30.2 Å². The topological polar surface area (TPSA) is 129 Å². The van der Waals surface area contributed by atoms with Crippen molar-refractivity contribution in [2.45, 2.75) is 94.6 Å². The van der Waals surface area contributed by atoms with Gasteiger partial charge in [-0.05, 0) is 48.6 Å². The average Bonchev–Trinajstić information content (AvgIpc) is 3.79. The number of hydrogen-bond acceptors (Lipinski definition) is 5. The van der Waals surface area contributed by atoms with E-state index in [1.54, 1.807) is 0 Å². The Morgan fingerprint density at radius 2 is 1.87 bits per heavy atom. The van der Waals surface area contributed by atoms with Crippen LogP contribution < -0.4 is 15.4 Å². The number of anilines is 1. The summed E-state index contributed by atoms with van der Waals surface area (Å²) in [6.45, 7) is 13.7. The molecule has 210 valence electrons. The van der Waals surface area contributed by atoms with Crippen molar-refractivity contribution in [1.82, 2.24) is 14.9 Å². The molecule has 2 aliphatic heterocycles. The number of amides is 3. The van der Waals surface area contributed by atoms with Gasteiger partial charge in [0.15, 0.2) is 0 Å². The van der Waals surface area contributed by atoms with E-state index in [1.807, 2.05) is 45.0 Å². The van der Waals surface area contributed by atoms with Crippen LogP contribution in [0.1, 0.15) is 71.3 Å². The molecule has 10 nitrogen and oxygen atoms in total. The molecule has 3 N–H and O–H groups in total. The highest BCUT2D eigenvalue weighted by atomic mass is 32.2. The molecule has 39 heavy (non-hydrogen) atoms. The highest BCUT2D eigenvalue weighted by Crippen LogP contribution is 2.47. The fourth-order valence-corrected chi connectivity index (χ4v) is 7.36. The molecular formula is C28H37N5O5S. The van der Waals surface area contributed by atoms with Gasteiger partial charge in [-0.1, -0.05) is 51.8 Å². The van der Waals surface area contributed by atoms with Crippen molar-refractivity contribution in [1.29, 1.82) is 0 Å². The second-order valence-corrected chi connectivity index (χ2v) is 14.8. The minimum absolute atomic E-state index is 0.0397. The van der Waals surface area contributed by atoms with Gasteiger partial charge in [0, 0.05) is 12.2 Å². The molecule has 3 amide bonds. The van der Waals surface area contributed by atoms with E-state index >= 15 is 0 Å². The molecule has 1 spiro atoms. The summed E-state index contributed by atoms with van der Waals surface area (Å²) in [5, 5.41) is 5.29. The highest BCUT2D eigenvalue weighted by molar-refractivity contribution is 7.90. The largest absolute Gasteiger partial charge is 0.343 e. The van der Waals surface area contributed by atoms with Crippen molar-refractivity contribution in [3.8, 4) is 0 Å². The van der Waals surface area contributed by atoms with Crippen LogP contribution in [0, 0.1) is 17.9 Å². The van der Waals surface area contributed by atoms with Gasteiger partial charge in [0.25, 0.3) is 5.91 Å². The molecule has 1 saturated heterocycles. The van der Waals surface area contributed by atoms with Crippen molar-refractivity contribution in [2.24, 2.45) is 11.3 Å². The summed E-state index contributed by atoms with van der Waals surface area (Å²) >= 11 is 0. The molecule has 5 rings (SSSR count). The van der Waals surface area contributed by atoms with Gasteiger partial charge in [-0.15, -0.1) is 0 Å².